The van der Waals surface area contributed by atoms with E-state index in [2.05, 4.69) is 0 Å². The Hall–Kier alpha value is -1.02. The SMILES string of the molecule is CC1(C)O[C@@H]2[C@@H](CO[C@@]3([C@H](O)c4ccccc4)OC(C)(C)O[C@@H]23)O1. The average molecular weight is 336 g/mol. The fourth-order valence-electron chi connectivity index (χ4n) is 3.88. The van der Waals surface area contributed by atoms with Crippen molar-refractivity contribution < 1.29 is 28.8 Å². The molecule has 0 aromatic heterocycles. The average Bonchev–Trinajstić information content (AvgIpc) is 2.99. The van der Waals surface area contributed by atoms with Crippen LogP contribution in [-0.4, -0.2) is 47.4 Å². The van der Waals surface area contributed by atoms with Crippen LogP contribution in [0.4, 0.5) is 0 Å². The van der Waals surface area contributed by atoms with Gasteiger partial charge in [-0.15, -0.1) is 0 Å². The van der Waals surface area contributed by atoms with Crippen molar-refractivity contribution in [2.45, 2.75) is 69.5 Å². The Bertz CT molecular complexity index is 615. The molecular formula is C18H24O6. The number of ether oxygens (including phenoxy) is 5. The first-order valence-electron chi connectivity index (χ1n) is 8.33. The molecule has 3 fully saturated rings. The van der Waals surface area contributed by atoms with Crippen molar-refractivity contribution in [1.82, 2.24) is 0 Å². The predicted octanol–water partition coefficient (Wildman–Crippen LogP) is 2.12. The van der Waals surface area contributed by atoms with Gasteiger partial charge in [-0.05, 0) is 33.3 Å². The number of benzene rings is 1. The molecule has 0 aliphatic carbocycles. The summed E-state index contributed by atoms with van der Waals surface area (Å²) in [5, 5.41) is 11.1. The summed E-state index contributed by atoms with van der Waals surface area (Å²) in [5.41, 5.74) is 0.709. The van der Waals surface area contributed by atoms with Crippen LogP contribution in [0.25, 0.3) is 0 Å². The highest BCUT2D eigenvalue weighted by molar-refractivity contribution is 5.22. The zero-order chi connectivity index (χ0) is 17.2. The molecule has 3 aliphatic heterocycles. The minimum atomic E-state index is -1.32. The van der Waals surface area contributed by atoms with Gasteiger partial charge in [0.15, 0.2) is 11.6 Å². The van der Waals surface area contributed by atoms with E-state index in [0.717, 1.165) is 0 Å². The Labute approximate surface area is 141 Å². The fraction of sp³-hybridized carbons (Fsp3) is 0.667. The fourth-order valence-corrected chi connectivity index (χ4v) is 3.88. The van der Waals surface area contributed by atoms with Crippen molar-refractivity contribution in [2.24, 2.45) is 0 Å². The van der Waals surface area contributed by atoms with Gasteiger partial charge >= 0.3 is 0 Å². The molecule has 0 unspecified atom stereocenters. The van der Waals surface area contributed by atoms with E-state index in [4.69, 9.17) is 23.7 Å². The molecule has 0 bridgehead atoms. The van der Waals surface area contributed by atoms with Crippen LogP contribution in [0.15, 0.2) is 30.3 Å². The van der Waals surface area contributed by atoms with E-state index in [1.54, 1.807) is 0 Å². The molecule has 5 atom stereocenters. The third-order valence-corrected chi connectivity index (χ3v) is 4.70. The quantitative estimate of drug-likeness (QED) is 0.892. The second-order valence-electron chi connectivity index (χ2n) is 7.52. The zero-order valence-corrected chi connectivity index (χ0v) is 14.4. The molecule has 1 aromatic rings. The second-order valence-corrected chi connectivity index (χ2v) is 7.52. The predicted molar refractivity (Wildman–Crippen MR) is 83.9 cm³/mol. The summed E-state index contributed by atoms with van der Waals surface area (Å²) in [7, 11) is 0. The molecule has 6 nitrogen and oxygen atoms in total. The van der Waals surface area contributed by atoms with E-state index in [0.29, 0.717) is 5.56 Å². The lowest BCUT2D eigenvalue weighted by Crippen LogP contribution is -2.61. The van der Waals surface area contributed by atoms with E-state index < -0.39 is 29.6 Å². The van der Waals surface area contributed by atoms with Gasteiger partial charge in [-0.3, -0.25) is 0 Å². The molecule has 4 rings (SSSR count). The van der Waals surface area contributed by atoms with Gasteiger partial charge in [-0.25, -0.2) is 0 Å². The molecule has 3 aliphatic rings. The summed E-state index contributed by atoms with van der Waals surface area (Å²) in [6.45, 7) is 7.62. The number of aliphatic hydroxyl groups excluding tert-OH is 1. The lowest BCUT2D eigenvalue weighted by atomic mass is 9.89. The Morgan fingerprint density at radius 1 is 1.00 bits per heavy atom. The number of hydrogen-bond donors (Lipinski definition) is 1. The lowest BCUT2D eigenvalue weighted by molar-refractivity contribution is -0.320. The minimum Gasteiger partial charge on any atom is -0.383 e. The molecule has 1 aromatic carbocycles. The third kappa shape index (κ3) is 2.49. The summed E-state index contributed by atoms with van der Waals surface area (Å²) in [5.74, 6) is -2.94. The van der Waals surface area contributed by atoms with Crippen LogP contribution in [0.5, 0.6) is 0 Å². The molecule has 3 saturated heterocycles. The lowest BCUT2D eigenvalue weighted by Gasteiger charge is -2.43. The van der Waals surface area contributed by atoms with Crippen molar-refractivity contribution in [1.29, 1.82) is 0 Å². The molecule has 6 heteroatoms. The van der Waals surface area contributed by atoms with Crippen LogP contribution in [0.1, 0.15) is 39.4 Å². The first-order valence-corrected chi connectivity index (χ1v) is 8.33. The number of hydrogen-bond acceptors (Lipinski definition) is 6. The van der Waals surface area contributed by atoms with Crippen molar-refractivity contribution in [2.75, 3.05) is 6.61 Å². The van der Waals surface area contributed by atoms with Crippen molar-refractivity contribution in [3.05, 3.63) is 35.9 Å². The van der Waals surface area contributed by atoms with Crippen molar-refractivity contribution in [3.63, 3.8) is 0 Å². The second kappa shape index (κ2) is 5.24. The van der Waals surface area contributed by atoms with Gasteiger partial charge < -0.3 is 28.8 Å². The van der Waals surface area contributed by atoms with Crippen molar-refractivity contribution in [3.8, 4) is 0 Å². The van der Waals surface area contributed by atoms with Crippen LogP contribution in [0.3, 0.4) is 0 Å². The molecule has 0 saturated carbocycles. The van der Waals surface area contributed by atoms with Crippen LogP contribution in [0.2, 0.25) is 0 Å². The highest BCUT2D eigenvalue weighted by Gasteiger charge is 2.68. The Morgan fingerprint density at radius 2 is 1.71 bits per heavy atom. The van der Waals surface area contributed by atoms with Gasteiger partial charge in [-0.1, -0.05) is 30.3 Å². The largest absolute Gasteiger partial charge is 0.383 e. The van der Waals surface area contributed by atoms with Crippen LogP contribution < -0.4 is 0 Å². The van der Waals surface area contributed by atoms with Gasteiger partial charge in [0.05, 0.1) is 6.61 Å². The minimum absolute atomic E-state index is 0.251. The Morgan fingerprint density at radius 3 is 2.42 bits per heavy atom. The van der Waals surface area contributed by atoms with E-state index >= 15 is 0 Å². The maximum absolute atomic E-state index is 11.1. The summed E-state index contributed by atoms with van der Waals surface area (Å²) in [4.78, 5) is 0. The maximum Gasteiger partial charge on any atom is 0.231 e. The number of rotatable bonds is 2. The van der Waals surface area contributed by atoms with E-state index in [1.165, 1.54) is 0 Å². The van der Waals surface area contributed by atoms with Crippen LogP contribution >= 0.6 is 0 Å². The molecule has 24 heavy (non-hydrogen) atoms. The molecule has 0 spiro atoms. The highest BCUT2D eigenvalue weighted by atomic mass is 16.9. The molecular weight excluding hydrogens is 312 g/mol. The topological polar surface area (TPSA) is 66.4 Å². The monoisotopic (exact) mass is 336 g/mol. The van der Waals surface area contributed by atoms with Gasteiger partial charge in [0, 0.05) is 0 Å². The molecule has 132 valence electrons. The van der Waals surface area contributed by atoms with E-state index in [1.807, 2.05) is 58.0 Å². The maximum atomic E-state index is 11.1. The molecule has 0 radical (unpaired) electrons. The highest BCUT2D eigenvalue weighted by Crippen LogP contribution is 2.52. The number of aliphatic hydroxyl groups is 1. The zero-order valence-electron chi connectivity index (χ0n) is 14.4. The summed E-state index contributed by atoms with van der Waals surface area (Å²) in [6, 6.07) is 9.33. The first kappa shape index (κ1) is 16.4. The normalized spacial score (nSPS) is 40.8. The smallest absolute Gasteiger partial charge is 0.231 e. The van der Waals surface area contributed by atoms with Gasteiger partial charge in [-0.2, -0.15) is 0 Å². The Kier molecular flexibility index (Phi) is 3.59. The summed E-state index contributed by atoms with van der Waals surface area (Å²) in [6.07, 6.45) is -2.21. The van der Waals surface area contributed by atoms with Gasteiger partial charge in [0.25, 0.3) is 0 Å². The number of fused-ring (bicyclic) bond motifs is 3. The first-order chi connectivity index (χ1) is 11.2. The van der Waals surface area contributed by atoms with Gasteiger partial charge in [0.2, 0.25) is 5.79 Å². The van der Waals surface area contributed by atoms with E-state index in [9.17, 15) is 5.11 Å². The van der Waals surface area contributed by atoms with Crippen LogP contribution in [-0.2, 0) is 23.7 Å². The Balaban J connectivity index is 1.72. The standard InChI is InChI=1S/C18H24O6/c1-16(2)21-12-10-20-18(14(19)11-8-6-5-7-9-11)15(13(12)22-16)23-17(3,4)24-18/h5-9,12-15,19H,10H2,1-4H3/t12-,13-,14-,15+,18+/m1/s1. The van der Waals surface area contributed by atoms with Gasteiger partial charge in [0.1, 0.15) is 24.4 Å². The van der Waals surface area contributed by atoms with Crippen LogP contribution in [0, 0.1) is 0 Å². The molecule has 0 amide bonds. The van der Waals surface area contributed by atoms with Crippen molar-refractivity contribution >= 4 is 0 Å². The summed E-state index contributed by atoms with van der Waals surface area (Å²) >= 11 is 0. The summed E-state index contributed by atoms with van der Waals surface area (Å²) < 4.78 is 30.2. The molecule has 1 N–H and O–H groups in total. The van der Waals surface area contributed by atoms with E-state index in [-0.39, 0.29) is 18.8 Å². The third-order valence-electron chi connectivity index (χ3n) is 4.70. The molecule has 3 heterocycles.